The number of hydrogen-bond acceptors (Lipinski definition) is 2. The topological polar surface area (TPSA) is 56.3 Å². The number of nitrogens with zero attached hydrogens (tertiary/aromatic N) is 1. The molecule has 2 N–H and O–H groups in total. The van der Waals surface area contributed by atoms with Crippen molar-refractivity contribution in [1.29, 1.82) is 0 Å². The summed E-state index contributed by atoms with van der Waals surface area (Å²) in [7, 11) is 0. The Morgan fingerprint density at radius 2 is 2.50 bits per heavy atom. The summed E-state index contributed by atoms with van der Waals surface area (Å²) < 4.78 is 13.9. The number of amides is 1. The molecule has 1 saturated heterocycles. The van der Waals surface area contributed by atoms with Crippen molar-refractivity contribution in [2.75, 3.05) is 13.2 Å². The molecule has 2 rings (SSSR count). The van der Waals surface area contributed by atoms with Crippen molar-refractivity contribution in [1.82, 2.24) is 9.88 Å². The molecule has 1 aromatic heterocycles. The monoisotopic (exact) mass is 290 g/mol. The van der Waals surface area contributed by atoms with Gasteiger partial charge in [-0.15, -0.1) is 0 Å². The summed E-state index contributed by atoms with van der Waals surface area (Å²) in [4.78, 5) is 16.1. The standard InChI is InChI=1S/C10H12BrFN2O2/c11-6-1-9(13-3-6)10(16)14-4-7(12)2-8(14)5-15/h1,3,7-8,13,15H,2,4-5H2/t7-,8-/m0/s1. The predicted octanol–water partition coefficient (Wildman–Crippen LogP) is 1.32. The molecule has 1 amide bonds. The first-order valence-electron chi connectivity index (χ1n) is 5.01. The number of halogens is 2. The van der Waals surface area contributed by atoms with E-state index >= 15 is 0 Å². The molecule has 4 nitrogen and oxygen atoms in total. The van der Waals surface area contributed by atoms with Crippen LogP contribution in [0, 0.1) is 0 Å². The maximum Gasteiger partial charge on any atom is 0.270 e. The van der Waals surface area contributed by atoms with Crippen LogP contribution in [0.15, 0.2) is 16.7 Å². The highest BCUT2D eigenvalue weighted by molar-refractivity contribution is 9.10. The Hall–Kier alpha value is -0.880. The molecule has 6 heteroatoms. The molecule has 0 aliphatic carbocycles. The SMILES string of the molecule is O=C(c1cc(Br)c[nH]1)N1C[C@@H](F)C[C@H]1CO. The van der Waals surface area contributed by atoms with E-state index in [1.807, 2.05) is 0 Å². The largest absolute Gasteiger partial charge is 0.394 e. The van der Waals surface area contributed by atoms with Gasteiger partial charge in [0.05, 0.1) is 19.2 Å². The second kappa shape index (κ2) is 4.55. The van der Waals surface area contributed by atoms with Gasteiger partial charge in [0.2, 0.25) is 0 Å². The van der Waals surface area contributed by atoms with Crippen LogP contribution in [-0.4, -0.2) is 46.3 Å². The normalized spacial score (nSPS) is 25.1. The van der Waals surface area contributed by atoms with Crippen LogP contribution in [-0.2, 0) is 0 Å². The van der Waals surface area contributed by atoms with Crippen molar-refractivity contribution >= 4 is 21.8 Å². The van der Waals surface area contributed by atoms with Crippen LogP contribution in [0.25, 0.3) is 0 Å². The third-order valence-electron chi connectivity index (χ3n) is 2.71. The summed E-state index contributed by atoms with van der Waals surface area (Å²) in [6.07, 6.45) is 0.813. The van der Waals surface area contributed by atoms with Crippen LogP contribution >= 0.6 is 15.9 Å². The lowest BCUT2D eigenvalue weighted by Gasteiger charge is -2.21. The maximum absolute atomic E-state index is 13.2. The van der Waals surface area contributed by atoms with Crippen molar-refractivity contribution in [3.8, 4) is 0 Å². The van der Waals surface area contributed by atoms with E-state index in [2.05, 4.69) is 20.9 Å². The first-order chi connectivity index (χ1) is 7.61. The zero-order chi connectivity index (χ0) is 11.7. The van der Waals surface area contributed by atoms with Crippen LogP contribution in [0.4, 0.5) is 4.39 Å². The van der Waals surface area contributed by atoms with E-state index < -0.39 is 12.2 Å². The molecular formula is C10H12BrFN2O2. The molecule has 0 radical (unpaired) electrons. The van der Waals surface area contributed by atoms with E-state index in [0.29, 0.717) is 5.69 Å². The van der Waals surface area contributed by atoms with E-state index in [0.717, 1.165) is 4.47 Å². The maximum atomic E-state index is 13.2. The third kappa shape index (κ3) is 2.12. The summed E-state index contributed by atoms with van der Waals surface area (Å²) >= 11 is 3.23. The predicted molar refractivity (Wildman–Crippen MR) is 59.9 cm³/mol. The van der Waals surface area contributed by atoms with Crippen LogP contribution < -0.4 is 0 Å². The first kappa shape index (κ1) is 11.6. The van der Waals surface area contributed by atoms with Crippen molar-refractivity contribution < 1.29 is 14.3 Å². The Morgan fingerprint density at radius 1 is 1.75 bits per heavy atom. The van der Waals surface area contributed by atoms with E-state index in [4.69, 9.17) is 5.11 Å². The van der Waals surface area contributed by atoms with Gasteiger partial charge in [0.1, 0.15) is 11.9 Å². The molecule has 0 bridgehead atoms. The fourth-order valence-electron chi connectivity index (χ4n) is 1.93. The number of aromatic nitrogens is 1. The molecule has 0 saturated carbocycles. The van der Waals surface area contributed by atoms with Crippen LogP contribution in [0.1, 0.15) is 16.9 Å². The van der Waals surface area contributed by atoms with Gasteiger partial charge in [-0.3, -0.25) is 4.79 Å². The Kier molecular flexibility index (Phi) is 3.30. The highest BCUT2D eigenvalue weighted by Crippen LogP contribution is 2.23. The van der Waals surface area contributed by atoms with E-state index in [9.17, 15) is 9.18 Å². The molecule has 0 aromatic carbocycles. The number of aliphatic hydroxyl groups excluding tert-OH is 1. The van der Waals surface area contributed by atoms with Crippen molar-refractivity contribution in [2.45, 2.75) is 18.6 Å². The molecule has 2 heterocycles. The highest BCUT2D eigenvalue weighted by Gasteiger charge is 2.35. The average molecular weight is 291 g/mol. The molecule has 2 atom stereocenters. The lowest BCUT2D eigenvalue weighted by Crippen LogP contribution is -2.38. The van der Waals surface area contributed by atoms with Gasteiger partial charge in [0.15, 0.2) is 0 Å². The van der Waals surface area contributed by atoms with Crippen molar-refractivity contribution in [3.63, 3.8) is 0 Å². The van der Waals surface area contributed by atoms with Gasteiger partial charge in [0.25, 0.3) is 5.91 Å². The van der Waals surface area contributed by atoms with Gasteiger partial charge in [-0.1, -0.05) is 0 Å². The second-order valence-corrected chi connectivity index (χ2v) is 4.77. The van der Waals surface area contributed by atoms with Gasteiger partial charge in [-0.25, -0.2) is 4.39 Å². The summed E-state index contributed by atoms with van der Waals surface area (Å²) in [6, 6.07) is 1.23. The van der Waals surface area contributed by atoms with Crippen molar-refractivity contribution in [2.24, 2.45) is 0 Å². The number of alkyl halides is 1. The lowest BCUT2D eigenvalue weighted by atomic mass is 10.2. The number of aromatic amines is 1. The molecule has 0 spiro atoms. The molecule has 1 fully saturated rings. The lowest BCUT2D eigenvalue weighted by molar-refractivity contribution is 0.0667. The molecule has 1 aromatic rings. The van der Waals surface area contributed by atoms with Crippen LogP contribution in [0.3, 0.4) is 0 Å². The number of H-pyrrole nitrogens is 1. The van der Waals surface area contributed by atoms with E-state index in [1.54, 1.807) is 12.3 Å². The number of aliphatic hydroxyl groups is 1. The minimum atomic E-state index is -1.04. The van der Waals surface area contributed by atoms with Crippen molar-refractivity contribution in [3.05, 3.63) is 22.4 Å². The van der Waals surface area contributed by atoms with Crippen LogP contribution in [0.2, 0.25) is 0 Å². The second-order valence-electron chi connectivity index (χ2n) is 3.86. The first-order valence-corrected chi connectivity index (χ1v) is 5.81. The summed E-state index contributed by atoms with van der Waals surface area (Å²) in [5.74, 6) is -0.273. The fraction of sp³-hybridized carbons (Fsp3) is 0.500. The number of nitrogens with one attached hydrogen (secondary N) is 1. The zero-order valence-electron chi connectivity index (χ0n) is 8.49. The highest BCUT2D eigenvalue weighted by atomic mass is 79.9. The summed E-state index contributed by atoms with van der Waals surface area (Å²) in [6.45, 7) is -0.144. The Morgan fingerprint density at radius 3 is 3.06 bits per heavy atom. The number of rotatable bonds is 2. The molecule has 1 aliphatic rings. The minimum Gasteiger partial charge on any atom is -0.394 e. The number of likely N-dealkylation sites (tertiary alicyclic amines) is 1. The van der Waals surface area contributed by atoms with Crippen LogP contribution in [0.5, 0.6) is 0 Å². The summed E-state index contributed by atoms with van der Waals surface area (Å²) in [5, 5.41) is 9.08. The average Bonchev–Trinajstić information content (AvgIpc) is 2.83. The number of hydrogen-bond donors (Lipinski definition) is 2. The Labute approximate surface area is 101 Å². The quantitative estimate of drug-likeness (QED) is 0.863. The zero-order valence-corrected chi connectivity index (χ0v) is 10.1. The molecule has 1 aliphatic heterocycles. The molecular weight excluding hydrogens is 279 g/mol. The van der Waals surface area contributed by atoms with Gasteiger partial charge in [-0.2, -0.15) is 0 Å². The third-order valence-corrected chi connectivity index (χ3v) is 3.17. The minimum absolute atomic E-state index is 0.0562. The Balaban J connectivity index is 2.15. The number of carbonyl (C=O) groups excluding carboxylic acids is 1. The van der Waals surface area contributed by atoms with Gasteiger partial charge in [0, 0.05) is 17.1 Å². The van der Waals surface area contributed by atoms with E-state index in [1.165, 1.54) is 4.90 Å². The van der Waals surface area contributed by atoms with Gasteiger partial charge in [-0.05, 0) is 22.0 Å². The van der Waals surface area contributed by atoms with E-state index in [-0.39, 0.29) is 25.5 Å². The molecule has 0 unspecified atom stereocenters. The molecule has 88 valence electrons. The molecule has 16 heavy (non-hydrogen) atoms. The summed E-state index contributed by atoms with van der Waals surface area (Å²) in [5.41, 5.74) is 0.402. The Bertz CT molecular complexity index is 396. The van der Waals surface area contributed by atoms with Gasteiger partial charge < -0.3 is 15.0 Å². The van der Waals surface area contributed by atoms with Gasteiger partial charge >= 0.3 is 0 Å². The number of carbonyl (C=O) groups is 1. The fourth-order valence-corrected chi connectivity index (χ4v) is 2.27. The smallest absolute Gasteiger partial charge is 0.270 e.